The third-order valence-corrected chi connectivity index (χ3v) is 4.07. The van der Waals surface area contributed by atoms with Crippen molar-refractivity contribution in [3.63, 3.8) is 0 Å². The summed E-state index contributed by atoms with van der Waals surface area (Å²) in [6.45, 7) is 6.12. The van der Waals surface area contributed by atoms with Crippen LogP contribution >= 0.6 is 0 Å². The number of ether oxygens (including phenoxy) is 1. The van der Waals surface area contributed by atoms with Gasteiger partial charge in [0, 0.05) is 6.04 Å². The molecule has 0 aromatic rings. The Morgan fingerprint density at radius 1 is 1.22 bits per heavy atom. The van der Waals surface area contributed by atoms with Crippen LogP contribution in [0.25, 0.3) is 0 Å². The van der Waals surface area contributed by atoms with Crippen LogP contribution in [0.2, 0.25) is 0 Å². The van der Waals surface area contributed by atoms with E-state index in [1.54, 1.807) is 6.92 Å². The first kappa shape index (κ1) is 13.1. The van der Waals surface area contributed by atoms with Gasteiger partial charge in [-0.15, -0.1) is 0 Å². The molecule has 6 nitrogen and oxygen atoms in total. The Kier molecular flexibility index (Phi) is 3.01. The zero-order chi connectivity index (χ0) is 13.6. The molecule has 2 fully saturated rings. The van der Waals surface area contributed by atoms with Crippen molar-refractivity contribution in [2.45, 2.75) is 39.3 Å². The molecule has 1 aliphatic carbocycles. The number of urea groups is 1. The minimum Gasteiger partial charge on any atom is -0.481 e. The van der Waals surface area contributed by atoms with E-state index in [0.717, 1.165) is 6.42 Å². The summed E-state index contributed by atoms with van der Waals surface area (Å²) < 4.78 is 5.17. The van der Waals surface area contributed by atoms with E-state index in [0.29, 0.717) is 0 Å². The summed E-state index contributed by atoms with van der Waals surface area (Å²) >= 11 is 0. The van der Waals surface area contributed by atoms with Crippen molar-refractivity contribution in [2.24, 2.45) is 10.8 Å². The highest BCUT2D eigenvalue weighted by Gasteiger charge is 2.49. The van der Waals surface area contributed by atoms with Crippen LogP contribution < -0.4 is 10.6 Å². The number of amides is 2. The zero-order valence-corrected chi connectivity index (χ0v) is 10.9. The lowest BCUT2D eigenvalue weighted by Crippen LogP contribution is -2.53. The second kappa shape index (κ2) is 4.12. The number of carbonyl (C=O) groups is 2. The predicted molar refractivity (Wildman–Crippen MR) is 64.2 cm³/mol. The zero-order valence-electron chi connectivity index (χ0n) is 10.9. The van der Waals surface area contributed by atoms with Gasteiger partial charge in [0.1, 0.15) is 5.41 Å². The van der Waals surface area contributed by atoms with Gasteiger partial charge in [-0.2, -0.15) is 0 Å². The Bertz CT molecular complexity index is 382. The second-order valence-corrected chi connectivity index (χ2v) is 6.15. The number of aliphatic carboxylic acids is 1. The lowest BCUT2D eigenvalue weighted by atomic mass is 9.85. The Hall–Kier alpha value is -1.30. The van der Waals surface area contributed by atoms with E-state index in [2.05, 4.69) is 24.5 Å². The maximum atomic E-state index is 11.8. The lowest BCUT2D eigenvalue weighted by molar-refractivity contribution is -0.148. The van der Waals surface area contributed by atoms with Crippen LogP contribution in [-0.4, -0.2) is 42.4 Å². The molecule has 1 heterocycles. The standard InChI is InChI=1S/C12H20N2O4/c1-11(2)4-7(11)13-10(17)14-8-5-18-6-12(8,3)9(15)16/h7-8H,4-6H2,1-3H3,(H,15,16)(H2,13,14,17). The van der Waals surface area contributed by atoms with Crippen molar-refractivity contribution < 1.29 is 19.4 Å². The van der Waals surface area contributed by atoms with Crippen molar-refractivity contribution >= 4 is 12.0 Å². The van der Waals surface area contributed by atoms with Crippen LogP contribution in [0.15, 0.2) is 0 Å². The van der Waals surface area contributed by atoms with Gasteiger partial charge in [-0.1, -0.05) is 13.8 Å². The van der Waals surface area contributed by atoms with Crippen LogP contribution in [0.4, 0.5) is 4.79 Å². The van der Waals surface area contributed by atoms with Crippen LogP contribution in [0.1, 0.15) is 27.2 Å². The SMILES string of the molecule is CC1(C)CC1NC(=O)NC1COCC1(C)C(=O)O. The summed E-state index contributed by atoms with van der Waals surface area (Å²) in [5, 5.41) is 14.7. The van der Waals surface area contributed by atoms with Gasteiger partial charge in [0.25, 0.3) is 0 Å². The highest BCUT2D eigenvalue weighted by Crippen LogP contribution is 2.44. The van der Waals surface area contributed by atoms with Gasteiger partial charge in [0.05, 0.1) is 19.3 Å². The summed E-state index contributed by atoms with van der Waals surface area (Å²) in [4.78, 5) is 23.0. The molecule has 0 bridgehead atoms. The number of hydrogen-bond acceptors (Lipinski definition) is 3. The van der Waals surface area contributed by atoms with Crippen LogP contribution in [0.5, 0.6) is 0 Å². The monoisotopic (exact) mass is 256 g/mol. The predicted octanol–water partition coefficient (Wildman–Crippen LogP) is 0.574. The van der Waals surface area contributed by atoms with E-state index >= 15 is 0 Å². The first-order valence-electron chi connectivity index (χ1n) is 6.14. The number of nitrogens with one attached hydrogen (secondary N) is 2. The Morgan fingerprint density at radius 3 is 2.28 bits per heavy atom. The highest BCUT2D eigenvalue weighted by molar-refractivity contribution is 5.79. The molecule has 3 N–H and O–H groups in total. The molecule has 2 aliphatic rings. The van der Waals surface area contributed by atoms with Crippen LogP contribution in [0, 0.1) is 10.8 Å². The quantitative estimate of drug-likeness (QED) is 0.689. The molecule has 3 unspecified atom stereocenters. The number of carboxylic acid groups (broad SMARTS) is 1. The summed E-state index contributed by atoms with van der Waals surface area (Å²) in [7, 11) is 0. The number of rotatable bonds is 3. The van der Waals surface area contributed by atoms with Crippen LogP contribution in [-0.2, 0) is 9.53 Å². The molecule has 2 rings (SSSR count). The number of hydrogen-bond donors (Lipinski definition) is 3. The fourth-order valence-electron chi connectivity index (χ4n) is 2.16. The second-order valence-electron chi connectivity index (χ2n) is 6.15. The molecule has 0 aromatic heterocycles. The number of carboxylic acids is 1. The van der Waals surface area contributed by atoms with Gasteiger partial charge in [-0.3, -0.25) is 4.79 Å². The summed E-state index contributed by atoms with van der Waals surface area (Å²) in [5.41, 5.74) is -0.893. The van der Waals surface area contributed by atoms with E-state index in [1.165, 1.54) is 0 Å². The van der Waals surface area contributed by atoms with Gasteiger partial charge >= 0.3 is 12.0 Å². The number of carbonyl (C=O) groups excluding carboxylic acids is 1. The molecule has 2 amide bonds. The van der Waals surface area contributed by atoms with Gasteiger partial charge in [-0.25, -0.2) is 4.79 Å². The van der Waals surface area contributed by atoms with E-state index < -0.39 is 17.4 Å². The molecule has 3 atom stereocenters. The van der Waals surface area contributed by atoms with E-state index in [4.69, 9.17) is 4.74 Å². The molecular weight excluding hydrogens is 236 g/mol. The molecule has 0 spiro atoms. The molecule has 0 radical (unpaired) electrons. The average molecular weight is 256 g/mol. The smallest absolute Gasteiger partial charge is 0.315 e. The van der Waals surface area contributed by atoms with Crippen molar-refractivity contribution in [2.75, 3.05) is 13.2 Å². The molecule has 1 saturated heterocycles. The first-order valence-corrected chi connectivity index (χ1v) is 6.14. The fourth-order valence-corrected chi connectivity index (χ4v) is 2.16. The highest BCUT2D eigenvalue weighted by atomic mass is 16.5. The average Bonchev–Trinajstić information content (AvgIpc) is 2.67. The molecule has 6 heteroatoms. The van der Waals surface area contributed by atoms with Gasteiger partial charge in [0.2, 0.25) is 0 Å². The lowest BCUT2D eigenvalue weighted by Gasteiger charge is -2.25. The summed E-state index contributed by atoms with van der Waals surface area (Å²) in [5.74, 6) is -0.947. The minimum atomic E-state index is -1.05. The topological polar surface area (TPSA) is 87.7 Å². The van der Waals surface area contributed by atoms with Crippen molar-refractivity contribution in [1.82, 2.24) is 10.6 Å². The van der Waals surface area contributed by atoms with Crippen molar-refractivity contribution in [1.29, 1.82) is 0 Å². The third-order valence-electron chi connectivity index (χ3n) is 4.07. The molecule has 18 heavy (non-hydrogen) atoms. The maximum absolute atomic E-state index is 11.8. The molecule has 1 aliphatic heterocycles. The Labute approximate surface area is 106 Å². The molecule has 102 valence electrons. The normalized spacial score (nSPS) is 37.1. The van der Waals surface area contributed by atoms with Gasteiger partial charge < -0.3 is 20.5 Å². The van der Waals surface area contributed by atoms with E-state index in [-0.39, 0.29) is 30.7 Å². The summed E-state index contributed by atoms with van der Waals surface area (Å²) in [6, 6.07) is -0.624. The van der Waals surface area contributed by atoms with Crippen LogP contribution in [0.3, 0.4) is 0 Å². The Balaban J connectivity index is 1.89. The van der Waals surface area contributed by atoms with E-state index in [1.807, 2.05) is 0 Å². The molecule has 1 saturated carbocycles. The molecular formula is C12H20N2O4. The largest absolute Gasteiger partial charge is 0.481 e. The molecule has 0 aromatic carbocycles. The third kappa shape index (κ3) is 2.29. The first-order chi connectivity index (χ1) is 8.25. The minimum absolute atomic E-state index is 0.127. The maximum Gasteiger partial charge on any atom is 0.315 e. The summed E-state index contributed by atoms with van der Waals surface area (Å²) in [6.07, 6.45) is 0.956. The van der Waals surface area contributed by atoms with Gasteiger partial charge in [0.15, 0.2) is 0 Å². The fraction of sp³-hybridized carbons (Fsp3) is 0.833. The Morgan fingerprint density at radius 2 is 1.78 bits per heavy atom. The van der Waals surface area contributed by atoms with Crippen molar-refractivity contribution in [3.8, 4) is 0 Å². The van der Waals surface area contributed by atoms with Gasteiger partial charge in [-0.05, 0) is 18.8 Å². The van der Waals surface area contributed by atoms with Crippen molar-refractivity contribution in [3.05, 3.63) is 0 Å². The van der Waals surface area contributed by atoms with E-state index in [9.17, 15) is 14.7 Å².